The van der Waals surface area contributed by atoms with Gasteiger partial charge in [-0.2, -0.15) is 0 Å². The molecule has 0 aliphatic carbocycles. The second-order valence-corrected chi connectivity index (χ2v) is 20.7. The van der Waals surface area contributed by atoms with Crippen LogP contribution in [0, 0.1) is 24.4 Å². The molecule has 9 aromatic rings. The summed E-state index contributed by atoms with van der Waals surface area (Å²) < 4.78 is 48.6. The zero-order chi connectivity index (χ0) is 41.9. The number of para-hydroxylation sites is 3. The van der Waals surface area contributed by atoms with Crippen LogP contribution in [0.25, 0.3) is 72.1 Å². The molecule has 0 atom stereocenters. The Balaban J connectivity index is 0.000000182. The van der Waals surface area contributed by atoms with Gasteiger partial charge in [0.15, 0.2) is 0 Å². The van der Waals surface area contributed by atoms with Crippen molar-refractivity contribution in [2.75, 3.05) is 0 Å². The fraction of sp³-hybridized carbons (Fsp3) is 0.184. The predicted molar refractivity (Wildman–Crippen MR) is 230 cm³/mol. The normalized spacial score (nSPS) is 13.7. The Morgan fingerprint density at radius 3 is 2.33 bits per heavy atom. The Bertz CT molecular complexity index is 2990. The SMILES string of the molecule is [2H]C([2H])([2H])c1c[c-]c(-c2cc(C([2H])([2H])C(C)(C)C)c([Si](C)(C)C)cn2)cc1.[Ir].[c-]1ccc2c(oc3ccccc32)c1-c1nc2ccccc2n1-c1cccc2ccccc12. The van der Waals surface area contributed by atoms with E-state index >= 15 is 0 Å². The molecule has 0 aliphatic rings. The Kier molecular flexibility index (Phi) is 8.87. The summed E-state index contributed by atoms with van der Waals surface area (Å²) in [7, 11) is -1.81. The van der Waals surface area contributed by atoms with E-state index in [2.05, 4.69) is 114 Å². The largest absolute Gasteiger partial charge is 0.501 e. The number of furan rings is 1. The van der Waals surface area contributed by atoms with E-state index in [-0.39, 0.29) is 25.7 Å². The zero-order valence-corrected chi connectivity index (χ0v) is 35.2. The second kappa shape index (κ2) is 15.2. The molecule has 3 aromatic heterocycles. The van der Waals surface area contributed by atoms with Gasteiger partial charge in [0.1, 0.15) is 5.58 Å². The van der Waals surface area contributed by atoms with Crippen LogP contribution in [-0.4, -0.2) is 22.6 Å². The number of hydrogen-bond acceptors (Lipinski definition) is 3. The Labute approximate surface area is 345 Å². The average molecular weight is 917 g/mol. The molecule has 0 saturated heterocycles. The minimum atomic E-state index is -2.17. The minimum absolute atomic E-state index is 0. The molecule has 3 heterocycles. The maximum absolute atomic E-state index is 8.79. The van der Waals surface area contributed by atoms with E-state index in [0.29, 0.717) is 16.8 Å². The van der Waals surface area contributed by atoms with Crippen LogP contribution in [0.5, 0.6) is 0 Å². The summed E-state index contributed by atoms with van der Waals surface area (Å²) in [5.41, 5.74) is 7.24. The van der Waals surface area contributed by atoms with Gasteiger partial charge in [-0.05, 0) is 52.3 Å². The minimum Gasteiger partial charge on any atom is -0.501 e. The van der Waals surface area contributed by atoms with E-state index in [9.17, 15) is 0 Å². The van der Waals surface area contributed by atoms with Crippen LogP contribution in [0.2, 0.25) is 19.6 Å². The first-order valence-electron chi connectivity index (χ1n) is 20.7. The Morgan fingerprint density at radius 1 is 0.818 bits per heavy atom. The molecule has 0 N–H and O–H groups in total. The van der Waals surface area contributed by atoms with Crippen molar-refractivity contribution >= 4 is 57.0 Å². The number of fused-ring (bicyclic) bond motifs is 5. The average Bonchev–Trinajstić information content (AvgIpc) is 3.79. The topological polar surface area (TPSA) is 43.9 Å². The smallest absolute Gasteiger partial charge is 0.120 e. The van der Waals surface area contributed by atoms with Crippen molar-refractivity contribution in [3.05, 3.63) is 157 Å². The monoisotopic (exact) mass is 917 g/mol. The van der Waals surface area contributed by atoms with E-state index in [1.165, 1.54) is 16.8 Å². The van der Waals surface area contributed by atoms with Crippen LogP contribution >= 0.6 is 0 Å². The summed E-state index contributed by atoms with van der Waals surface area (Å²) in [6, 6.07) is 48.2. The van der Waals surface area contributed by atoms with Crippen LogP contribution < -0.4 is 5.19 Å². The number of imidazole rings is 1. The second-order valence-electron chi connectivity index (χ2n) is 15.7. The third-order valence-corrected chi connectivity index (χ3v) is 11.5. The van der Waals surface area contributed by atoms with Crippen molar-refractivity contribution in [2.45, 2.75) is 53.6 Å². The summed E-state index contributed by atoms with van der Waals surface area (Å²) in [5.74, 6) is 0.826. The van der Waals surface area contributed by atoms with Crippen LogP contribution in [0.15, 0.2) is 138 Å². The summed E-state index contributed by atoms with van der Waals surface area (Å²) in [5, 5.41) is 5.55. The number of aryl methyl sites for hydroxylation is 1. The molecular weight excluding hydrogens is 867 g/mol. The van der Waals surface area contributed by atoms with Crippen LogP contribution in [-0.2, 0) is 26.5 Å². The van der Waals surface area contributed by atoms with Crippen molar-refractivity contribution in [1.29, 1.82) is 0 Å². The first-order chi connectivity index (χ1) is 27.9. The Morgan fingerprint density at radius 2 is 1.56 bits per heavy atom. The van der Waals surface area contributed by atoms with E-state index < -0.39 is 26.7 Å². The summed E-state index contributed by atoms with van der Waals surface area (Å²) in [6.45, 7) is 10.1. The van der Waals surface area contributed by atoms with Crippen LogP contribution in [0.3, 0.4) is 0 Å². The van der Waals surface area contributed by atoms with Gasteiger partial charge in [-0.25, -0.2) is 0 Å². The number of hydrogen-bond donors (Lipinski definition) is 0. The van der Waals surface area contributed by atoms with E-state index in [0.717, 1.165) is 55.2 Å². The van der Waals surface area contributed by atoms with Gasteiger partial charge in [0.2, 0.25) is 0 Å². The standard InChI is InChI=1S/C29H17N2O.C20H28NSi.Ir/c1-2-11-20-19(9-1)10-7-17-25(20)31-26-16-5-4-15-24(26)30-29(31)23-14-8-13-22-21-12-3-6-18-27(21)32-28(22)23;1-15-8-10-16(11-9-15)18-12-17(13-20(2,3)4)19(14-21-18)22(5,6)7;/h1-13,15-18H;8-10,12,14H,13H2,1-7H3;/q2*-1;/i;1D3,13D2;. The van der Waals surface area contributed by atoms with Gasteiger partial charge in [-0.3, -0.25) is 4.98 Å². The van der Waals surface area contributed by atoms with E-state index in [1.54, 1.807) is 18.3 Å². The molecule has 0 spiro atoms. The molecule has 0 saturated carbocycles. The Hall–Kier alpha value is -5.13. The zero-order valence-electron chi connectivity index (χ0n) is 36.8. The van der Waals surface area contributed by atoms with E-state index in [4.69, 9.17) is 16.3 Å². The third-order valence-electron chi connectivity index (χ3n) is 9.44. The third kappa shape index (κ3) is 7.73. The first-order valence-corrected chi connectivity index (χ1v) is 21.7. The molecule has 4 nitrogen and oxygen atoms in total. The summed E-state index contributed by atoms with van der Waals surface area (Å²) in [6.07, 6.45) is 0.269. The van der Waals surface area contributed by atoms with Gasteiger partial charge in [0.05, 0.1) is 30.5 Å². The molecule has 6 aromatic carbocycles. The fourth-order valence-corrected chi connectivity index (χ4v) is 8.38. The molecule has 0 fully saturated rings. The van der Waals surface area contributed by atoms with Crippen molar-refractivity contribution < 1.29 is 31.4 Å². The van der Waals surface area contributed by atoms with Crippen LogP contribution in [0.1, 0.15) is 38.8 Å². The van der Waals surface area contributed by atoms with E-state index in [1.807, 2.05) is 57.2 Å². The molecule has 0 amide bonds. The molecule has 0 aliphatic heterocycles. The summed E-state index contributed by atoms with van der Waals surface area (Å²) >= 11 is 0. The first kappa shape index (κ1) is 32.1. The molecular formula is C49H45IrN3OSi-2. The van der Waals surface area contributed by atoms with Crippen molar-refractivity contribution in [2.24, 2.45) is 5.41 Å². The van der Waals surface area contributed by atoms with Gasteiger partial charge in [-0.15, -0.1) is 53.6 Å². The van der Waals surface area contributed by atoms with Gasteiger partial charge < -0.3 is 14.0 Å². The quantitative estimate of drug-likeness (QED) is 0.128. The van der Waals surface area contributed by atoms with Crippen molar-refractivity contribution in [1.82, 2.24) is 14.5 Å². The number of rotatable bonds is 5. The molecule has 9 rings (SSSR count). The van der Waals surface area contributed by atoms with Gasteiger partial charge >= 0.3 is 0 Å². The predicted octanol–water partition coefficient (Wildman–Crippen LogP) is 12.5. The molecule has 55 heavy (non-hydrogen) atoms. The number of benzene rings is 6. The molecule has 277 valence electrons. The van der Waals surface area contributed by atoms with Gasteiger partial charge in [0, 0.05) is 49.6 Å². The van der Waals surface area contributed by atoms with Gasteiger partial charge in [0.25, 0.3) is 0 Å². The number of pyridine rings is 1. The van der Waals surface area contributed by atoms with Gasteiger partial charge in [-0.1, -0.05) is 137 Å². The molecule has 1 radical (unpaired) electrons. The number of aromatic nitrogens is 3. The van der Waals surface area contributed by atoms with Crippen molar-refractivity contribution in [3.8, 4) is 28.3 Å². The molecule has 0 bridgehead atoms. The number of nitrogens with zero attached hydrogens (tertiary/aromatic N) is 3. The van der Waals surface area contributed by atoms with Crippen LogP contribution in [0.4, 0.5) is 0 Å². The molecule has 0 unspecified atom stereocenters. The maximum atomic E-state index is 8.79. The summed E-state index contributed by atoms with van der Waals surface area (Å²) in [4.78, 5) is 9.62. The van der Waals surface area contributed by atoms with Crippen molar-refractivity contribution in [3.63, 3.8) is 0 Å². The fourth-order valence-electron chi connectivity index (χ4n) is 6.99. The maximum Gasteiger partial charge on any atom is 0.120 e. The molecule has 6 heteroatoms.